The molecule has 0 bridgehead atoms. The first-order chi connectivity index (χ1) is 7.29. The summed E-state index contributed by atoms with van der Waals surface area (Å²) in [5, 5.41) is 0. The Morgan fingerprint density at radius 3 is 2.13 bits per heavy atom. The molecular formula is C11H23N3S. The van der Waals surface area contributed by atoms with Gasteiger partial charge in [-0.1, -0.05) is 0 Å². The van der Waals surface area contributed by atoms with Crippen LogP contribution in [0.2, 0.25) is 0 Å². The summed E-state index contributed by atoms with van der Waals surface area (Å²) >= 11 is 4.33. The monoisotopic (exact) mass is 229 g/mol. The average molecular weight is 229 g/mol. The van der Waals surface area contributed by atoms with Gasteiger partial charge in [-0.25, -0.2) is 0 Å². The van der Waals surface area contributed by atoms with E-state index in [0.29, 0.717) is 0 Å². The van der Waals surface area contributed by atoms with Crippen molar-refractivity contribution in [2.45, 2.75) is 18.9 Å². The van der Waals surface area contributed by atoms with Crippen LogP contribution in [0, 0.1) is 0 Å². The second-order valence-corrected chi connectivity index (χ2v) is 5.11. The minimum Gasteiger partial charge on any atom is -0.306 e. The van der Waals surface area contributed by atoms with Gasteiger partial charge < -0.3 is 4.90 Å². The number of piperidine rings is 1. The van der Waals surface area contributed by atoms with Crippen LogP contribution in [-0.4, -0.2) is 72.9 Å². The average Bonchev–Trinajstić information content (AvgIpc) is 2.30. The van der Waals surface area contributed by atoms with E-state index in [1.54, 1.807) is 0 Å². The number of hydrogen-bond acceptors (Lipinski definition) is 4. The smallest absolute Gasteiger partial charge is 0.0415 e. The van der Waals surface area contributed by atoms with Crippen molar-refractivity contribution in [1.29, 1.82) is 0 Å². The number of nitrogens with zero attached hydrogens (tertiary/aromatic N) is 3. The molecule has 0 amide bonds. The molecule has 2 heterocycles. The molecule has 0 aliphatic carbocycles. The van der Waals surface area contributed by atoms with Crippen molar-refractivity contribution in [1.82, 2.24) is 14.7 Å². The molecule has 0 aromatic heterocycles. The molecule has 0 spiro atoms. The van der Waals surface area contributed by atoms with Crippen molar-refractivity contribution in [3.05, 3.63) is 0 Å². The number of piperazine rings is 1. The van der Waals surface area contributed by atoms with E-state index in [0.717, 1.165) is 11.9 Å². The summed E-state index contributed by atoms with van der Waals surface area (Å²) in [6.45, 7) is 7.45. The molecule has 0 aromatic rings. The fourth-order valence-electron chi connectivity index (χ4n) is 2.63. The Bertz CT molecular complexity index is 184. The third-order valence-electron chi connectivity index (χ3n) is 3.81. The van der Waals surface area contributed by atoms with Crippen molar-refractivity contribution < 1.29 is 0 Å². The van der Waals surface area contributed by atoms with Crippen molar-refractivity contribution in [3.8, 4) is 0 Å². The van der Waals surface area contributed by atoms with Gasteiger partial charge in [0.05, 0.1) is 0 Å². The molecule has 0 atom stereocenters. The van der Waals surface area contributed by atoms with E-state index in [4.69, 9.17) is 0 Å². The largest absolute Gasteiger partial charge is 0.306 e. The Balaban J connectivity index is 1.75. The molecule has 15 heavy (non-hydrogen) atoms. The summed E-state index contributed by atoms with van der Waals surface area (Å²) in [4.78, 5) is 7.56. The van der Waals surface area contributed by atoms with Crippen LogP contribution in [0.5, 0.6) is 0 Å². The highest BCUT2D eigenvalue weighted by molar-refractivity contribution is 7.80. The fraction of sp³-hybridized carbons (Fsp3) is 1.00. The molecule has 0 unspecified atom stereocenters. The molecule has 2 fully saturated rings. The Morgan fingerprint density at radius 2 is 1.60 bits per heavy atom. The first-order valence-corrected chi connectivity index (χ1v) is 6.68. The van der Waals surface area contributed by atoms with Gasteiger partial charge >= 0.3 is 0 Å². The molecule has 4 heteroatoms. The lowest BCUT2D eigenvalue weighted by Crippen LogP contribution is -2.52. The Labute approximate surface area is 98.8 Å². The van der Waals surface area contributed by atoms with Gasteiger partial charge in [-0.3, -0.25) is 9.80 Å². The van der Waals surface area contributed by atoms with E-state index in [1.807, 2.05) is 0 Å². The maximum Gasteiger partial charge on any atom is 0.0415 e. The summed E-state index contributed by atoms with van der Waals surface area (Å²) in [5.74, 6) is 0.918. The molecule has 2 rings (SSSR count). The third-order valence-corrected chi connectivity index (χ3v) is 4.21. The zero-order valence-corrected chi connectivity index (χ0v) is 10.6. The molecule has 0 N–H and O–H groups in total. The summed E-state index contributed by atoms with van der Waals surface area (Å²) in [6.07, 6.45) is 2.72. The van der Waals surface area contributed by atoms with E-state index in [1.165, 1.54) is 52.1 Å². The van der Waals surface area contributed by atoms with Crippen molar-refractivity contribution >= 4 is 12.6 Å². The van der Waals surface area contributed by atoms with E-state index >= 15 is 0 Å². The van der Waals surface area contributed by atoms with Crippen molar-refractivity contribution in [2.75, 3.05) is 52.2 Å². The van der Waals surface area contributed by atoms with E-state index < -0.39 is 0 Å². The zero-order chi connectivity index (χ0) is 10.7. The lowest BCUT2D eigenvalue weighted by molar-refractivity contribution is 0.0722. The maximum absolute atomic E-state index is 4.33. The highest BCUT2D eigenvalue weighted by Gasteiger charge is 2.25. The van der Waals surface area contributed by atoms with Gasteiger partial charge in [-0.05, 0) is 33.0 Å². The molecule has 0 radical (unpaired) electrons. The predicted molar refractivity (Wildman–Crippen MR) is 67.5 cm³/mol. The number of thiol groups is 1. The summed E-state index contributed by atoms with van der Waals surface area (Å²) in [7, 11) is 2.23. The summed E-state index contributed by atoms with van der Waals surface area (Å²) < 4.78 is 0. The van der Waals surface area contributed by atoms with Crippen LogP contribution < -0.4 is 0 Å². The molecule has 0 saturated carbocycles. The second-order valence-electron chi connectivity index (χ2n) is 4.83. The van der Waals surface area contributed by atoms with Crippen LogP contribution in [0.1, 0.15) is 12.8 Å². The van der Waals surface area contributed by atoms with E-state index in [9.17, 15) is 0 Å². The molecular weight excluding hydrogens is 206 g/mol. The first kappa shape index (κ1) is 11.7. The lowest BCUT2D eigenvalue weighted by atomic mass is 10.0. The standard InChI is InChI=1S/C11H23N3S/c1-12-4-2-11(3-5-12)14-8-6-13(10-15)7-9-14/h11,15H,2-10H2,1H3. The van der Waals surface area contributed by atoms with Crippen LogP contribution in [0.15, 0.2) is 0 Å². The van der Waals surface area contributed by atoms with Crippen LogP contribution >= 0.6 is 12.6 Å². The predicted octanol–water partition coefficient (Wildman–Crippen LogP) is 0.586. The number of rotatable bonds is 2. The Kier molecular flexibility index (Phi) is 4.31. The molecule has 0 aromatic carbocycles. The van der Waals surface area contributed by atoms with Crippen molar-refractivity contribution in [2.24, 2.45) is 0 Å². The van der Waals surface area contributed by atoms with Gasteiger partial charge in [0.2, 0.25) is 0 Å². The normalized spacial score (nSPS) is 28.4. The summed E-state index contributed by atoms with van der Waals surface area (Å²) in [5.41, 5.74) is 0. The van der Waals surface area contributed by atoms with E-state index in [2.05, 4.69) is 34.4 Å². The maximum atomic E-state index is 4.33. The number of hydrogen-bond donors (Lipinski definition) is 1. The topological polar surface area (TPSA) is 9.72 Å². The SMILES string of the molecule is CN1CCC(N2CCN(CS)CC2)CC1. The molecule has 2 aliphatic heterocycles. The van der Waals surface area contributed by atoms with Crippen molar-refractivity contribution in [3.63, 3.8) is 0 Å². The molecule has 88 valence electrons. The fourth-order valence-corrected chi connectivity index (χ4v) is 2.91. The second kappa shape index (κ2) is 5.53. The number of likely N-dealkylation sites (tertiary alicyclic amines) is 1. The molecule has 2 aliphatic rings. The first-order valence-electron chi connectivity index (χ1n) is 6.05. The van der Waals surface area contributed by atoms with Gasteiger partial charge in [0.1, 0.15) is 0 Å². The Hall–Kier alpha value is 0.230. The Morgan fingerprint density at radius 1 is 1.00 bits per heavy atom. The minimum atomic E-state index is 0.850. The minimum absolute atomic E-state index is 0.850. The van der Waals surface area contributed by atoms with Gasteiger partial charge in [-0.15, -0.1) is 0 Å². The lowest BCUT2D eigenvalue weighted by Gasteiger charge is -2.41. The van der Waals surface area contributed by atoms with Crippen LogP contribution in [0.3, 0.4) is 0 Å². The third kappa shape index (κ3) is 3.09. The van der Waals surface area contributed by atoms with Crippen LogP contribution in [0.25, 0.3) is 0 Å². The highest BCUT2D eigenvalue weighted by atomic mass is 32.1. The van der Waals surface area contributed by atoms with Gasteiger partial charge in [0, 0.05) is 38.1 Å². The van der Waals surface area contributed by atoms with Gasteiger partial charge in [0.25, 0.3) is 0 Å². The quantitative estimate of drug-likeness (QED) is 0.695. The van der Waals surface area contributed by atoms with Gasteiger partial charge in [-0.2, -0.15) is 12.6 Å². The highest BCUT2D eigenvalue weighted by Crippen LogP contribution is 2.17. The van der Waals surface area contributed by atoms with Crippen LogP contribution in [0.4, 0.5) is 0 Å². The zero-order valence-electron chi connectivity index (χ0n) is 9.73. The summed E-state index contributed by atoms with van der Waals surface area (Å²) in [6, 6.07) is 0.850. The van der Waals surface area contributed by atoms with Crippen LogP contribution in [-0.2, 0) is 0 Å². The van der Waals surface area contributed by atoms with Gasteiger partial charge in [0.15, 0.2) is 0 Å². The molecule has 3 nitrogen and oxygen atoms in total. The molecule has 2 saturated heterocycles. The van der Waals surface area contributed by atoms with E-state index in [-0.39, 0.29) is 0 Å².